The van der Waals surface area contributed by atoms with Crippen molar-refractivity contribution in [3.63, 3.8) is 0 Å². The van der Waals surface area contributed by atoms with Gasteiger partial charge in [0.2, 0.25) is 0 Å². The van der Waals surface area contributed by atoms with Gasteiger partial charge in [0.25, 0.3) is 0 Å². The van der Waals surface area contributed by atoms with Crippen molar-refractivity contribution < 1.29 is 9.18 Å². The number of carbonyl (C=O) groups excluding carboxylic acids is 1. The molecule has 1 aromatic carbocycles. The van der Waals surface area contributed by atoms with Crippen LogP contribution < -0.4 is 10.6 Å². The van der Waals surface area contributed by atoms with Crippen LogP contribution in [-0.4, -0.2) is 18.5 Å². The Morgan fingerprint density at radius 1 is 1.40 bits per heavy atom. The van der Waals surface area contributed by atoms with E-state index in [1.165, 1.54) is 12.1 Å². The first-order valence-corrected chi connectivity index (χ1v) is 5.08. The molecule has 0 radical (unpaired) electrons. The van der Waals surface area contributed by atoms with Crippen molar-refractivity contribution in [1.29, 1.82) is 0 Å². The van der Waals surface area contributed by atoms with Crippen LogP contribution in [0.5, 0.6) is 0 Å². The number of alkyl halides is 1. The van der Waals surface area contributed by atoms with Gasteiger partial charge in [-0.25, -0.2) is 9.18 Å². The number of hydrogen-bond acceptors (Lipinski definition) is 1. The molecule has 0 aromatic heterocycles. The molecule has 3 nitrogen and oxygen atoms in total. The number of halogens is 2. The van der Waals surface area contributed by atoms with E-state index < -0.39 is 0 Å². The number of benzene rings is 1. The molecule has 0 bridgehead atoms. The van der Waals surface area contributed by atoms with Crippen LogP contribution in [-0.2, 0) is 6.54 Å². The minimum Gasteiger partial charge on any atom is -0.337 e. The monoisotopic (exact) mass is 230 g/mol. The van der Waals surface area contributed by atoms with E-state index in [1.54, 1.807) is 12.1 Å². The Kier molecular flexibility index (Phi) is 4.90. The van der Waals surface area contributed by atoms with Crippen molar-refractivity contribution in [3.05, 3.63) is 35.6 Å². The summed E-state index contributed by atoms with van der Waals surface area (Å²) in [4.78, 5) is 11.1. The predicted octanol–water partition coefficient (Wildman–Crippen LogP) is 1.86. The van der Waals surface area contributed by atoms with Gasteiger partial charge in [-0.2, -0.15) is 0 Å². The van der Waals surface area contributed by atoms with E-state index in [-0.39, 0.29) is 11.8 Å². The van der Waals surface area contributed by atoms with Crippen LogP contribution in [0, 0.1) is 5.82 Å². The molecule has 0 aliphatic heterocycles. The summed E-state index contributed by atoms with van der Waals surface area (Å²) in [5.41, 5.74) is 0.719. The molecule has 0 saturated carbocycles. The Labute approximate surface area is 92.6 Å². The molecule has 15 heavy (non-hydrogen) atoms. The Balaban J connectivity index is 2.33. The zero-order chi connectivity index (χ0) is 11.1. The summed E-state index contributed by atoms with van der Waals surface area (Å²) >= 11 is 5.39. The minimum absolute atomic E-state index is 0.297. The van der Waals surface area contributed by atoms with Crippen LogP contribution in [0.1, 0.15) is 5.56 Å². The lowest BCUT2D eigenvalue weighted by atomic mass is 10.2. The van der Waals surface area contributed by atoms with Crippen LogP contribution in [0.4, 0.5) is 9.18 Å². The average molecular weight is 231 g/mol. The van der Waals surface area contributed by atoms with Gasteiger partial charge in [-0.15, -0.1) is 11.6 Å². The van der Waals surface area contributed by atoms with Crippen molar-refractivity contribution in [2.24, 2.45) is 0 Å². The molecule has 0 saturated heterocycles. The van der Waals surface area contributed by atoms with Crippen molar-refractivity contribution >= 4 is 17.6 Å². The molecule has 1 aromatic rings. The predicted molar refractivity (Wildman–Crippen MR) is 57.4 cm³/mol. The molecule has 0 heterocycles. The van der Waals surface area contributed by atoms with E-state index in [1.807, 2.05) is 0 Å². The van der Waals surface area contributed by atoms with Crippen LogP contribution in [0.25, 0.3) is 0 Å². The molecule has 0 unspecified atom stereocenters. The van der Waals surface area contributed by atoms with Crippen molar-refractivity contribution in [3.8, 4) is 0 Å². The summed E-state index contributed by atoms with van der Waals surface area (Å²) in [6.45, 7) is 0.711. The summed E-state index contributed by atoms with van der Waals surface area (Å²) in [6.07, 6.45) is 0. The molecule has 2 N–H and O–H groups in total. The van der Waals surface area contributed by atoms with E-state index in [0.29, 0.717) is 19.0 Å². The second-order valence-electron chi connectivity index (χ2n) is 2.93. The topological polar surface area (TPSA) is 41.1 Å². The van der Waals surface area contributed by atoms with Gasteiger partial charge in [0.1, 0.15) is 5.82 Å². The first-order chi connectivity index (χ1) is 7.22. The first-order valence-electron chi connectivity index (χ1n) is 4.54. The minimum atomic E-state index is -0.310. The summed E-state index contributed by atoms with van der Waals surface area (Å²) in [5, 5.41) is 5.13. The number of amides is 2. The molecule has 2 amide bonds. The summed E-state index contributed by atoms with van der Waals surface area (Å²) in [6, 6.07) is 5.77. The van der Waals surface area contributed by atoms with Gasteiger partial charge in [-0.1, -0.05) is 12.1 Å². The average Bonchev–Trinajstić information content (AvgIpc) is 2.23. The Morgan fingerprint density at radius 2 is 2.20 bits per heavy atom. The summed E-state index contributed by atoms with van der Waals surface area (Å²) in [5.74, 6) is 0.0587. The summed E-state index contributed by atoms with van der Waals surface area (Å²) < 4.78 is 12.7. The fourth-order valence-corrected chi connectivity index (χ4v) is 1.15. The third kappa shape index (κ3) is 4.65. The van der Waals surface area contributed by atoms with E-state index in [2.05, 4.69) is 10.6 Å². The highest BCUT2D eigenvalue weighted by atomic mass is 35.5. The lowest BCUT2D eigenvalue weighted by molar-refractivity contribution is 0.241. The third-order valence-corrected chi connectivity index (χ3v) is 1.91. The van der Waals surface area contributed by atoms with Gasteiger partial charge >= 0.3 is 6.03 Å². The second kappa shape index (κ2) is 6.24. The van der Waals surface area contributed by atoms with Gasteiger partial charge in [0, 0.05) is 19.0 Å². The molecule has 0 spiro atoms. The molecule has 0 aliphatic carbocycles. The zero-order valence-corrected chi connectivity index (χ0v) is 8.85. The van der Waals surface area contributed by atoms with Gasteiger partial charge in [0.05, 0.1) is 0 Å². The van der Waals surface area contributed by atoms with Gasteiger partial charge in [-0.05, 0) is 17.7 Å². The first kappa shape index (κ1) is 11.8. The summed E-state index contributed by atoms with van der Waals surface area (Å²) in [7, 11) is 0. The molecule has 0 aliphatic rings. The Hall–Kier alpha value is -1.29. The smallest absolute Gasteiger partial charge is 0.315 e. The van der Waals surface area contributed by atoms with Crippen molar-refractivity contribution in [2.45, 2.75) is 6.54 Å². The highest BCUT2D eigenvalue weighted by molar-refractivity contribution is 6.18. The maximum atomic E-state index is 12.7. The molecule has 82 valence electrons. The SMILES string of the molecule is O=C(NCCCl)NCc1cccc(F)c1. The largest absolute Gasteiger partial charge is 0.337 e. The highest BCUT2D eigenvalue weighted by Gasteiger charge is 1.99. The fraction of sp³-hybridized carbons (Fsp3) is 0.300. The van der Waals surface area contributed by atoms with Crippen LogP contribution in [0.2, 0.25) is 0 Å². The van der Waals surface area contributed by atoms with Crippen molar-refractivity contribution in [1.82, 2.24) is 10.6 Å². The molecular formula is C10H12ClFN2O. The highest BCUT2D eigenvalue weighted by Crippen LogP contribution is 2.02. The molecule has 5 heteroatoms. The van der Waals surface area contributed by atoms with Crippen molar-refractivity contribution in [2.75, 3.05) is 12.4 Å². The lowest BCUT2D eigenvalue weighted by Gasteiger charge is -2.06. The number of hydrogen-bond donors (Lipinski definition) is 2. The Bertz CT molecular complexity index is 333. The molecule has 0 atom stereocenters. The molecule has 1 rings (SSSR count). The standard InChI is InChI=1S/C10H12ClFN2O/c11-4-5-13-10(15)14-7-8-2-1-3-9(12)6-8/h1-3,6H,4-5,7H2,(H2,13,14,15). The van der Waals surface area contributed by atoms with E-state index in [0.717, 1.165) is 5.56 Å². The van der Waals surface area contributed by atoms with Crippen LogP contribution >= 0.6 is 11.6 Å². The Morgan fingerprint density at radius 3 is 2.87 bits per heavy atom. The van der Waals surface area contributed by atoms with E-state index >= 15 is 0 Å². The van der Waals surface area contributed by atoms with Gasteiger partial charge in [-0.3, -0.25) is 0 Å². The van der Waals surface area contributed by atoms with Crippen LogP contribution in [0.3, 0.4) is 0 Å². The second-order valence-corrected chi connectivity index (χ2v) is 3.31. The third-order valence-electron chi connectivity index (χ3n) is 1.72. The number of carbonyl (C=O) groups is 1. The number of urea groups is 1. The lowest BCUT2D eigenvalue weighted by Crippen LogP contribution is -2.36. The zero-order valence-electron chi connectivity index (χ0n) is 8.09. The molecular weight excluding hydrogens is 219 g/mol. The fourth-order valence-electron chi connectivity index (χ4n) is 1.05. The quantitative estimate of drug-likeness (QED) is 0.762. The number of rotatable bonds is 4. The van der Waals surface area contributed by atoms with E-state index in [4.69, 9.17) is 11.6 Å². The van der Waals surface area contributed by atoms with Gasteiger partial charge < -0.3 is 10.6 Å². The van der Waals surface area contributed by atoms with Crippen LogP contribution in [0.15, 0.2) is 24.3 Å². The number of nitrogens with one attached hydrogen (secondary N) is 2. The maximum absolute atomic E-state index is 12.7. The molecule has 0 fully saturated rings. The van der Waals surface area contributed by atoms with Gasteiger partial charge in [0.15, 0.2) is 0 Å². The van der Waals surface area contributed by atoms with E-state index in [9.17, 15) is 9.18 Å². The normalized spacial score (nSPS) is 9.73. The maximum Gasteiger partial charge on any atom is 0.315 e.